The lowest BCUT2D eigenvalue weighted by atomic mass is 9.80. The molecule has 0 saturated heterocycles. The predicted octanol–water partition coefficient (Wildman–Crippen LogP) is 1.67. The van der Waals surface area contributed by atoms with Crippen LogP contribution >= 0.6 is 0 Å². The summed E-state index contributed by atoms with van der Waals surface area (Å²) >= 11 is 0. The van der Waals surface area contributed by atoms with Crippen LogP contribution in [0.4, 0.5) is 0 Å². The highest BCUT2D eigenvalue weighted by atomic mass is 32.2. The third kappa shape index (κ3) is 2.77. The van der Waals surface area contributed by atoms with Gasteiger partial charge in [0.1, 0.15) is 5.69 Å². The van der Waals surface area contributed by atoms with E-state index in [1.807, 2.05) is 6.92 Å². The number of ether oxygens (including phenoxy) is 1. The van der Waals surface area contributed by atoms with Crippen molar-refractivity contribution >= 4 is 21.8 Å². The Bertz CT molecular complexity index is 1230. The molecular weight excluding hydrogens is 394 g/mol. The number of Topliss-reactive ketones (excluding diaryl/α,β-unsaturated/α-hetero) is 1. The molecule has 8 nitrogen and oxygen atoms in total. The van der Waals surface area contributed by atoms with E-state index in [0.29, 0.717) is 15.2 Å². The van der Waals surface area contributed by atoms with Crippen LogP contribution in [0, 0.1) is 6.92 Å². The summed E-state index contributed by atoms with van der Waals surface area (Å²) in [7, 11) is -2.85. The summed E-state index contributed by atoms with van der Waals surface area (Å²) in [4.78, 5) is 25.9. The van der Waals surface area contributed by atoms with Crippen LogP contribution in [0.15, 0.2) is 59.6 Å². The standard InChI is InChI=1S/C20H17N3O5S/c1-13-7-9-15(10-8-13)29(26,27)23-12-17(21-22-23)20(19(25)28-2)11-14-5-3-4-6-16(14)18(20)24/h3-10,12H,11H2,1-2H3. The van der Waals surface area contributed by atoms with Crippen molar-refractivity contribution in [1.82, 2.24) is 14.4 Å². The summed E-state index contributed by atoms with van der Waals surface area (Å²) in [6.45, 7) is 1.84. The summed E-state index contributed by atoms with van der Waals surface area (Å²) in [5.74, 6) is -1.29. The summed E-state index contributed by atoms with van der Waals surface area (Å²) in [5.41, 5.74) is 0.121. The number of nitrogens with zero attached hydrogens (tertiary/aromatic N) is 3. The fourth-order valence-electron chi connectivity index (χ4n) is 3.52. The SMILES string of the molecule is COC(=O)C1(c2cn(S(=O)(=O)c3ccc(C)cc3)nn2)Cc2ccccc2C1=O. The van der Waals surface area contributed by atoms with E-state index in [9.17, 15) is 18.0 Å². The van der Waals surface area contributed by atoms with E-state index >= 15 is 0 Å². The van der Waals surface area contributed by atoms with Crippen LogP contribution in [0.3, 0.4) is 0 Å². The van der Waals surface area contributed by atoms with Crippen LogP contribution in [-0.4, -0.2) is 41.7 Å². The molecule has 0 spiro atoms. The van der Waals surface area contributed by atoms with E-state index in [1.165, 1.54) is 19.2 Å². The molecule has 3 aromatic rings. The molecule has 0 bridgehead atoms. The van der Waals surface area contributed by atoms with Crippen molar-refractivity contribution in [3.8, 4) is 0 Å². The molecule has 148 valence electrons. The molecule has 1 aliphatic carbocycles. The first kappa shape index (κ1) is 19.0. The Hall–Kier alpha value is -3.33. The molecule has 0 saturated carbocycles. The molecule has 1 aliphatic rings. The van der Waals surface area contributed by atoms with Crippen molar-refractivity contribution in [3.63, 3.8) is 0 Å². The fourth-order valence-corrected chi connectivity index (χ4v) is 4.59. The van der Waals surface area contributed by atoms with Gasteiger partial charge >= 0.3 is 5.97 Å². The van der Waals surface area contributed by atoms with Gasteiger partial charge in [0.25, 0.3) is 10.0 Å². The zero-order valence-electron chi connectivity index (χ0n) is 15.7. The number of carbonyl (C=O) groups excluding carboxylic acids is 2. The van der Waals surface area contributed by atoms with Gasteiger partial charge in [0, 0.05) is 12.0 Å². The lowest BCUT2D eigenvalue weighted by Gasteiger charge is -2.21. The van der Waals surface area contributed by atoms with E-state index in [-0.39, 0.29) is 17.0 Å². The Morgan fingerprint density at radius 3 is 2.48 bits per heavy atom. The maximum atomic E-state index is 13.2. The number of hydrogen-bond donors (Lipinski definition) is 0. The van der Waals surface area contributed by atoms with E-state index < -0.39 is 27.2 Å². The highest BCUT2D eigenvalue weighted by Crippen LogP contribution is 2.40. The van der Waals surface area contributed by atoms with Gasteiger partial charge in [-0.3, -0.25) is 9.59 Å². The maximum absolute atomic E-state index is 13.2. The molecule has 1 unspecified atom stereocenters. The number of esters is 1. The van der Waals surface area contributed by atoms with Crippen LogP contribution in [-0.2, 0) is 31.4 Å². The number of aryl methyl sites for hydroxylation is 1. The van der Waals surface area contributed by atoms with Gasteiger partial charge in [-0.25, -0.2) is 0 Å². The van der Waals surface area contributed by atoms with Gasteiger partial charge in [-0.15, -0.1) is 9.19 Å². The molecule has 1 heterocycles. The van der Waals surface area contributed by atoms with Gasteiger partial charge in [0.2, 0.25) is 0 Å². The van der Waals surface area contributed by atoms with Crippen LogP contribution in [0.1, 0.15) is 27.2 Å². The summed E-state index contributed by atoms with van der Waals surface area (Å²) < 4.78 is 31.3. The first-order valence-corrected chi connectivity index (χ1v) is 10.2. The predicted molar refractivity (Wildman–Crippen MR) is 102 cm³/mol. The average Bonchev–Trinajstić information content (AvgIpc) is 3.33. The number of fused-ring (bicyclic) bond motifs is 1. The first-order valence-electron chi connectivity index (χ1n) is 8.77. The number of benzene rings is 2. The third-order valence-electron chi connectivity index (χ3n) is 5.11. The van der Waals surface area contributed by atoms with E-state index in [1.54, 1.807) is 36.4 Å². The van der Waals surface area contributed by atoms with E-state index in [4.69, 9.17) is 4.74 Å². The summed E-state index contributed by atoms with van der Waals surface area (Å²) in [6.07, 6.45) is 1.13. The van der Waals surface area contributed by atoms with Gasteiger partial charge in [-0.05, 0) is 24.6 Å². The second kappa shape index (κ2) is 6.63. The zero-order valence-corrected chi connectivity index (χ0v) is 16.5. The molecule has 0 fully saturated rings. The second-order valence-corrected chi connectivity index (χ2v) is 8.65. The van der Waals surface area contributed by atoms with Crippen molar-refractivity contribution in [1.29, 1.82) is 0 Å². The molecule has 2 aromatic carbocycles. The normalized spacial score (nSPS) is 18.5. The molecular formula is C20H17N3O5S. The molecule has 1 aromatic heterocycles. The molecule has 9 heteroatoms. The molecule has 0 amide bonds. The maximum Gasteiger partial charge on any atom is 0.326 e. The number of methoxy groups -OCH3 is 1. The molecule has 0 N–H and O–H groups in total. The van der Waals surface area contributed by atoms with Gasteiger partial charge in [0.15, 0.2) is 11.2 Å². The number of carbonyl (C=O) groups is 2. The number of rotatable bonds is 4. The second-order valence-electron chi connectivity index (χ2n) is 6.85. The van der Waals surface area contributed by atoms with Crippen LogP contribution in [0.5, 0.6) is 0 Å². The minimum Gasteiger partial charge on any atom is -0.468 e. The molecule has 29 heavy (non-hydrogen) atoms. The summed E-state index contributed by atoms with van der Waals surface area (Å²) in [6, 6.07) is 13.1. The van der Waals surface area contributed by atoms with E-state index in [0.717, 1.165) is 11.8 Å². The van der Waals surface area contributed by atoms with Gasteiger partial charge < -0.3 is 4.74 Å². The van der Waals surface area contributed by atoms with E-state index in [2.05, 4.69) is 10.3 Å². The highest BCUT2D eigenvalue weighted by Gasteiger charge is 2.56. The number of ketones is 1. The Morgan fingerprint density at radius 2 is 1.83 bits per heavy atom. The lowest BCUT2D eigenvalue weighted by molar-refractivity contribution is -0.145. The Labute approximate surface area is 167 Å². The van der Waals surface area contributed by atoms with Crippen molar-refractivity contribution in [2.45, 2.75) is 23.7 Å². The minimum atomic E-state index is -4.03. The summed E-state index contributed by atoms with van der Waals surface area (Å²) in [5, 5.41) is 7.60. The Balaban J connectivity index is 1.82. The average molecular weight is 411 g/mol. The van der Waals surface area contributed by atoms with Gasteiger partial charge in [-0.2, -0.15) is 8.42 Å². The fraction of sp³-hybridized carbons (Fsp3) is 0.200. The minimum absolute atomic E-state index is 0.0210. The van der Waals surface area contributed by atoms with Crippen molar-refractivity contribution in [3.05, 3.63) is 77.1 Å². The largest absolute Gasteiger partial charge is 0.468 e. The lowest BCUT2D eigenvalue weighted by Crippen LogP contribution is -2.43. The molecule has 0 radical (unpaired) electrons. The first-order chi connectivity index (χ1) is 13.8. The Morgan fingerprint density at radius 1 is 1.14 bits per heavy atom. The topological polar surface area (TPSA) is 108 Å². The van der Waals surface area contributed by atoms with Crippen molar-refractivity contribution in [2.75, 3.05) is 7.11 Å². The Kier molecular flexibility index (Phi) is 4.34. The van der Waals surface area contributed by atoms with Crippen molar-refractivity contribution < 1.29 is 22.7 Å². The highest BCUT2D eigenvalue weighted by molar-refractivity contribution is 7.89. The number of hydrogen-bond acceptors (Lipinski definition) is 7. The zero-order chi connectivity index (χ0) is 20.8. The molecule has 4 rings (SSSR count). The smallest absolute Gasteiger partial charge is 0.326 e. The quantitative estimate of drug-likeness (QED) is 0.475. The molecule has 1 atom stereocenters. The van der Waals surface area contributed by atoms with Crippen LogP contribution in [0.2, 0.25) is 0 Å². The number of aromatic nitrogens is 3. The monoisotopic (exact) mass is 411 g/mol. The van der Waals surface area contributed by atoms with Crippen molar-refractivity contribution in [2.24, 2.45) is 0 Å². The third-order valence-corrected chi connectivity index (χ3v) is 6.65. The van der Waals surface area contributed by atoms with Crippen LogP contribution in [0.25, 0.3) is 0 Å². The van der Waals surface area contributed by atoms with Crippen LogP contribution < -0.4 is 0 Å². The van der Waals surface area contributed by atoms with Gasteiger partial charge in [-0.1, -0.05) is 47.2 Å². The van der Waals surface area contributed by atoms with Gasteiger partial charge in [0.05, 0.1) is 18.2 Å². The molecule has 0 aliphatic heterocycles.